The summed E-state index contributed by atoms with van der Waals surface area (Å²) < 4.78 is 10.4. The van der Waals surface area contributed by atoms with Crippen LogP contribution in [0.4, 0.5) is 0 Å². The van der Waals surface area contributed by atoms with Crippen molar-refractivity contribution in [1.82, 2.24) is 10.6 Å². The standard InChI is InChI=1S/C15H22N2O3.ClH/c1-19-13-5-11(6-14(7-13)20-2)3-4-15(18)17-10-12-8-16-9-12;/h5-7,12,16H,3-4,8-10H2,1-2H3,(H,17,18);1H. The summed E-state index contributed by atoms with van der Waals surface area (Å²) in [6, 6.07) is 5.70. The summed E-state index contributed by atoms with van der Waals surface area (Å²) in [5.41, 5.74) is 1.04. The zero-order valence-corrected chi connectivity index (χ0v) is 13.3. The zero-order valence-electron chi connectivity index (χ0n) is 12.5. The van der Waals surface area contributed by atoms with Gasteiger partial charge in [-0.2, -0.15) is 0 Å². The number of amides is 1. The van der Waals surface area contributed by atoms with Gasteiger partial charge in [0.2, 0.25) is 5.91 Å². The minimum absolute atomic E-state index is 0. The minimum atomic E-state index is 0. The molecule has 1 amide bonds. The first-order valence-electron chi connectivity index (χ1n) is 6.90. The van der Waals surface area contributed by atoms with Crippen LogP contribution in [-0.4, -0.2) is 39.8 Å². The van der Waals surface area contributed by atoms with E-state index in [2.05, 4.69) is 10.6 Å². The number of nitrogens with one attached hydrogen (secondary N) is 2. The molecule has 2 rings (SSSR count). The Kier molecular flexibility index (Phi) is 7.32. The van der Waals surface area contributed by atoms with Crippen molar-refractivity contribution in [2.24, 2.45) is 5.92 Å². The molecule has 0 bridgehead atoms. The van der Waals surface area contributed by atoms with Gasteiger partial charge in [0.15, 0.2) is 0 Å². The Labute approximate surface area is 131 Å². The second-order valence-electron chi connectivity index (χ2n) is 5.05. The molecule has 1 heterocycles. The molecule has 1 aliphatic rings. The monoisotopic (exact) mass is 314 g/mol. The molecule has 1 aromatic carbocycles. The van der Waals surface area contributed by atoms with Gasteiger partial charge >= 0.3 is 0 Å². The Morgan fingerprint density at radius 2 is 1.86 bits per heavy atom. The molecule has 1 aromatic rings. The van der Waals surface area contributed by atoms with Crippen molar-refractivity contribution in [2.45, 2.75) is 12.8 Å². The third-order valence-corrected chi connectivity index (χ3v) is 3.51. The van der Waals surface area contributed by atoms with Crippen LogP contribution in [-0.2, 0) is 11.2 Å². The van der Waals surface area contributed by atoms with Gasteiger partial charge in [0.25, 0.3) is 0 Å². The molecule has 1 fully saturated rings. The summed E-state index contributed by atoms with van der Waals surface area (Å²) >= 11 is 0. The van der Waals surface area contributed by atoms with Crippen molar-refractivity contribution in [3.8, 4) is 11.5 Å². The number of aryl methyl sites for hydroxylation is 1. The van der Waals surface area contributed by atoms with E-state index >= 15 is 0 Å². The van der Waals surface area contributed by atoms with Crippen LogP contribution < -0.4 is 20.1 Å². The maximum Gasteiger partial charge on any atom is 0.220 e. The van der Waals surface area contributed by atoms with E-state index in [1.54, 1.807) is 14.2 Å². The Balaban J connectivity index is 0.00000220. The highest BCUT2D eigenvalue weighted by Gasteiger charge is 2.17. The average Bonchev–Trinajstić information content (AvgIpc) is 2.43. The Morgan fingerprint density at radius 3 is 2.33 bits per heavy atom. The molecule has 0 aromatic heterocycles. The van der Waals surface area contributed by atoms with E-state index in [4.69, 9.17) is 9.47 Å². The molecular weight excluding hydrogens is 292 g/mol. The van der Waals surface area contributed by atoms with E-state index in [0.717, 1.165) is 36.7 Å². The van der Waals surface area contributed by atoms with E-state index in [-0.39, 0.29) is 18.3 Å². The lowest BCUT2D eigenvalue weighted by Gasteiger charge is -2.27. The zero-order chi connectivity index (χ0) is 14.4. The molecule has 1 saturated heterocycles. The molecule has 1 aliphatic heterocycles. The van der Waals surface area contributed by atoms with E-state index in [9.17, 15) is 4.79 Å². The molecule has 118 valence electrons. The number of carbonyl (C=O) groups is 1. The third kappa shape index (κ3) is 5.44. The molecular formula is C15H23ClN2O3. The van der Waals surface area contributed by atoms with Gasteiger partial charge in [0.1, 0.15) is 11.5 Å². The highest BCUT2D eigenvalue weighted by Crippen LogP contribution is 2.23. The van der Waals surface area contributed by atoms with E-state index in [0.29, 0.717) is 18.8 Å². The largest absolute Gasteiger partial charge is 0.497 e. The molecule has 21 heavy (non-hydrogen) atoms. The van der Waals surface area contributed by atoms with E-state index < -0.39 is 0 Å². The molecule has 0 saturated carbocycles. The lowest BCUT2D eigenvalue weighted by molar-refractivity contribution is -0.121. The Morgan fingerprint density at radius 1 is 1.24 bits per heavy atom. The van der Waals surface area contributed by atoms with Gasteiger partial charge in [-0.3, -0.25) is 4.79 Å². The van der Waals surface area contributed by atoms with Gasteiger partial charge in [-0.25, -0.2) is 0 Å². The fourth-order valence-corrected chi connectivity index (χ4v) is 2.11. The summed E-state index contributed by atoms with van der Waals surface area (Å²) in [5.74, 6) is 2.19. The van der Waals surface area contributed by atoms with Crippen LogP contribution in [0.5, 0.6) is 11.5 Å². The first-order valence-corrected chi connectivity index (χ1v) is 6.90. The molecule has 0 spiro atoms. The highest BCUT2D eigenvalue weighted by molar-refractivity contribution is 5.85. The smallest absolute Gasteiger partial charge is 0.220 e. The summed E-state index contributed by atoms with van der Waals surface area (Å²) in [4.78, 5) is 11.8. The predicted molar refractivity (Wildman–Crippen MR) is 84.5 cm³/mol. The van der Waals surface area contributed by atoms with E-state index in [1.165, 1.54) is 0 Å². The van der Waals surface area contributed by atoms with Crippen LogP contribution in [0.15, 0.2) is 18.2 Å². The van der Waals surface area contributed by atoms with Crippen LogP contribution in [0.2, 0.25) is 0 Å². The quantitative estimate of drug-likeness (QED) is 0.798. The number of carbonyl (C=O) groups excluding carboxylic acids is 1. The maximum absolute atomic E-state index is 11.8. The van der Waals surface area contributed by atoms with Gasteiger partial charge in [-0.1, -0.05) is 0 Å². The summed E-state index contributed by atoms with van der Waals surface area (Å²) in [6.45, 7) is 2.79. The maximum atomic E-state index is 11.8. The average molecular weight is 315 g/mol. The first kappa shape index (κ1) is 17.6. The van der Waals surface area contributed by atoms with Gasteiger partial charge in [-0.15, -0.1) is 12.4 Å². The molecule has 0 aliphatic carbocycles. The van der Waals surface area contributed by atoms with Gasteiger partial charge < -0.3 is 20.1 Å². The highest BCUT2D eigenvalue weighted by atomic mass is 35.5. The van der Waals surface area contributed by atoms with Gasteiger partial charge in [0, 0.05) is 38.0 Å². The lowest BCUT2D eigenvalue weighted by atomic mass is 10.0. The normalized spacial score (nSPS) is 13.8. The number of benzene rings is 1. The molecule has 5 nitrogen and oxygen atoms in total. The summed E-state index contributed by atoms with van der Waals surface area (Å²) in [5, 5.41) is 6.16. The topological polar surface area (TPSA) is 59.6 Å². The van der Waals surface area contributed by atoms with Crippen molar-refractivity contribution in [2.75, 3.05) is 33.9 Å². The van der Waals surface area contributed by atoms with Crippen molar-refractivity contribution in [1.29, 1.82) is 0 Å². The lowest BCUT2D eigenvalue weighted by Crippen LogP contribution is -2.48. The van der Waals surface area contributed by atoms with Crippen molar-refractivity contribution < 1.29 is 14.3 Å². The minimum Gasteiger partial charge on any atom is -0.497 e. The first-order chi connectivity index (χ1) is 9.71. The van der Waals surface area contributed by atoms with Crippen molar-refractivity contribution in [3.05, 3.63) is 23.8 Å². The Bertz CT molecular complexity index is 442. The fraction of sp³-hybridized carbons (Fsp3) is 0.533. The van der Waals surface area contributed by atoms with Crippen molar-refractivity contribution >= 4 is 18.3 Å². The second-order valence-corrected chi connectivity index (χ2v) is 5.05. The van der Waals surface area contributed by atoms with Crippen LogP contribution in [0.25, 0.3) is 0 Å². The molecule has 6 heteroatoms. The molecule has 0 unspecified atom stereocenters. The van der Waals surface area contributed by atoms with Gasteiger partial charge in [0.05, 0.1) is 14.2 Å². The number of hydrogen-bond acceptors (Lipinski definition) is 4. The number of rotatable bonds is 7. The number of hydrogen-bond donors (Lipinski definition) is 2. The predicted octanol–water partition coefficient (Wildman–Crippen LogP) is 1.39. The molecule has 0 atom stereocenters. The SMILES string of the molecule is COc1cc(CCC(=O)NCC2CNC2)cc(OC)c1.Cl. The van der Waals surface area contributed by atoms with Gasteiger partial charge in [-0.05, 0) is 24.1 Å². The third-order valence-electron chi connectivity index (χ3n) is 3.51. The summed E-state index contributed by atoms with van der Waals surface area (Å²) in [7, 11) is 3.25. The van der Waals surface area contributed by atoms with Crippen LogP contribution >= 0.6 is 12.4 Å². The number of halogens is 1. The molecule has 0 radical (unpaired) electrons. The van der Waals surface area contributed by atoms with Crippen LogP contribution in [0.1, 0.15) is 12.0 Å². The van der Waals surface area contributed by atoms with Crippen LogP contribution in [0.3, 0.4) is 0 Å². The molecule has 2 N–H and O–H groups in total. The van der Waals surface area contributed by atoms with Crippen LogP contribution in [0, 0.1) is 5.92 Å². The number of ether oxygens (including phenoxy) is 2. The van der Waals surface area contributed by atoms with E-state index in [1.807, 2.05) is 18.2 Å². The number of methoxy groups -OCH3 is 2. The second kappa shape index (κ2) is 8.74. The Hall–Kier alpha value is -1.46. The summed E-state index contributed by atoms with van der Waals surface area (Å²) in [6.07, 6.45) is 1.17. The van der Waals surface area contributed by atoms with Crippen molar-refractivity contribution in [3.63, 3.8) is 0 Å². The fourth-order valence-electron chi connectivity index (χ4n) is 2.11.